The van der Waals surface area contributed by atoms with Crippen molar-refractivity contribution in [2.24, 2.45) is 5.41 Å². The van der Waals surface area contributed by atoms with Crippen LogP contribution < -0.4 is 10.6 Å². The Morgan fingerprint density at radius 3 is 2.14 bits per heavy atom. The Hall–Kier alpha value is -2.31. The summed E-state index contributed by atoms with van der Waals surface area (Å²) in [5, 5.41) is 4.93. The lowest BCUT2D eigenvalue weighted by molar-refractivity contribution is -0.138. The van der Waals surface area contributed by atoms with Gasteiger partial charge in [-0.1, -0.05) is 6.08 Å². The minimum atomic E-state index is -4.44. The largest absolute Gasteiger partial charge is 0.416 e. The number of anilines is 1. The van der Waals surface area contributed by atoms with E-state index in [0.717, 1.165) is 24.3 Å². The molecule has 2 amide bonds. The number of nitrogens with one attached hydrogen (secondary N) is 2. The summed E-state index contributed by atoms with van der Waals surface area (Å²) in [6, 6.07) is 4.00. The Morgan fingerprint density at radius 2 is 1.68 bits per heavy atom. The lowest BCUT2D eigenvalue weighted by atomic mass is 9.91. The van der Waals surface area contributed by atoms with E-state index in [1.807, 2.05) is 0 Å². The predicted molar refractivity (Wildman–Crippen MR) is 77.1 cm³/mol. The molecular weight excluding hydrogens is 297 g/mol. The number of alkyl halides is 3. The minimum absolute atomic E-state index is 0.183. The molecule has 22 heavy (non-hydrogen) atoms. The van der Waals surface area contributed by atoms with Crippen molar-refractivity contribution < 1.29 is 22.8 Å². The van der Waals surface area contributed by atoms with Crippen molar-refractivity contribution in [3.8, 4) is 0 Å². The third kappa shape index (κ3) is 4.34. The number of carbonyl (C=O) groups excluding carboxylic acids is 2. The molecule has 0 fully saturated rings. The zero-order chi connectivity index (χ0) is 17.0. The van der Waals surface area contributed by atoms with Gasteiger partial charge >= 0.3 is 6.18 Å². The van der Waals surface area contributed by atoms with Gasteiger partial charge in [0.25, 0.3) is 0 Å². The quantitative estimate of drug-likeness (QED) is 0.648. The van der Waals surface area contributed by atoms with Crippen molar-refractivity contribution >= 4 is 17.5 Å². The number of halogens is 3. The molecule has 4 nitrogen and oxygen atoms in total. The van der Waals surface area contributed by atoms with Crippen molar-refractivity contribution in [1.82, 2.24) is 5.32 Å². The molecule has 7 heteroatoms. The van der Waals surface area contributed by atoms with Crippen molar-refractivity contribution in [1.29, 1.82) is 0 Å². The van der Waals surface area contributed by atoms with Gasteiger partial charge in [0.15, 0.2) is 0 Å². The van der Waals surface area contributed by atoms with Gasteiger partial charge in [-0.15, -0.1) is 6.58 Å². The Bertz CT molecular complexity index is 563. The van der Waals surface area contributed by atoms with E-state index in [1.54, 1.807) is 0 Å². The number of amides is 2. The first-order valence-corrected chi connectivity index (χ1v) is 6.47. The highest BCUT2D eigenvalue weighted by Gasteiger charge is 2.36. The molecule has 0 heterocycles. The van der Waals surface area contributed by atoms with Crippen LogP contribution in [0.4, 0.5) is 18.9 Å². The van der Waals surface area contributed by atoms with E-state index in [9.17, 15) is 22.8 Å². The Labute approximate surface area is 126 Å². The van der Waals surface area contributed by atoms with Gasteiger partial charge in [-0.2, -0.15) is 13.2 Å². The first-order chi connectivity index (χ1) is 10.1. The molecule has 1 rings (SSSR count). The number of hydrogen-bond donors (Lipinski definition) is 2. The minimum Gasteiger partial charge on any atom is -0.352 e. The predicted octanol–water partition coefficient (Wildman–Crippen LogP) is 2.97. The van der Waals surface area contributed by atoms with Crippen molar-refractivity contribution in [2.75, 3.05) is 11.9 Å². The van der Waals surface area contributed by atoms with E-state index in [2.05, 4.69) is 17.2 Å². The average Bonchev–Trinajstić information content (AvgIpc) is 2.44. The molecule has 0 unspecified atom stereocenters. The van der Waals surface area contributed by atoms with Crippen LogP contribution in [0.5, 0.6) is 0 Å². The Balaban J connectivity index is 2.79. The molecule has 2 N–H and O–H groups in total. The van der Waals surface area contributed by atoms with Gasteiger partial charge in [0.1, 0.15) is 5.41 Å². The summed E-state index contributed by atoms with van der Waals surface area (Å²) in [6.07, 6.45) is -2.96. The maximum absolute atomic E-state index is 12.4. The highest BCUT2D eigenvalue weighted by molar-refractivity contribution is 6.09. The molecular formula is C15H17F3N2O2. The monoisotopic (exact) mass is 314 g/mol. The van der Waals surface area contributed by atoms with Gasteiger partial charge in [-0.05, 0) is 38.1 Å². The fourth-order valence-corrected chi connectivity index (χ4v) is 1.52. The summed E-state index contributed by atoms with van der Waals surface area (Å²) in [5.74, 6) is -1.12. The third-order valence-corrected chi connectivity index (χ3v) is 3.01. The fraction of sp³-hybridized carbons (Fsp3) is 0.333. The Kier molecular flexibility index (Phi) is 5.35. The maximum atomic E-state index is 12.4. The summed E-state index contributed by atoms with van der Waals surface area (Å²) in [5.41, 5.74) is -2.00. The topological polar surface area (TPSA) is 58.2 Å². The Morgan fingerprint density at radius 1 is 1.14 bits per heavy atom. The first kappa shape index (κ1) is 17.7. The number of carbonyl (C=O) groups is 2. The second-order valence-electron chi connectivity index (χ2n) is 5.15. The molecule has 0 aromatic heterocycles. The second kappa shape index (κ2) is 6.64. The summed E-state index contributed by atoms with van der Waals surface area (Å²) < 4.78 is 37.3. The number of benzene rings is 1. The summed E-state index contributed by atoms with van der Waals surface area (Å²) >= 11 is 0. The molecule has 0 atom stereocenters. The molecule has 0 bridgehead atoms. The van der Waals surface area contributed by atoms with Gasteiger partial charge in [0.05, 0.1) is 5.56 Å². The normalized spacial score (nSPS) is 11.7. The van der Waals surface area contributed by atoms with Gasteiger partial charge in [-0.25, -0.2) is 0 Å². The van der Waals surface area contributed by atoms with E-state index in [4.69, 9.17) is 0 Å². The van der Waals surface area contributed by atoms with Gasteiger partial charge in [0.2, 0.25) is 11.8 Å². The van der Waals surface area contributed by atoms with Gasteiger partial charge < -0.3 is 10.6 Å². The lowest BCUT2D eigenvalue weighted by Gasteiger charge is -2.22. The highest BCUT2D eigenvalue weighted by atomic mass is 19.4. The molecule has 0 aliphatic carbocycles. The first-order valence-electron chi connectivity index (χ1n) is 6.47. The van der Waals surface area contributed by atoms with Crippen LogP contribution in [-0.2, 0) is 15.8 Å². The standard InChI is InChI=1S/C15H17F3N2O2/c1-4-9-19-12(21)14(2,3)13(22)20-11-7-5-10(6-8-11)15(16,17)18/h4-8H,1,9H2,2-3H3,(H,19,21)(H,20,22). The van der Waals surface area contributed by atoms with Crippen LogP contribution in [0.15, 0.2) is 36.9 Å². The van der Waals surface area contributed by atoms with E-state index >= 15 is 0 Å². The number of hydrogen-bond acceptors (Lipinski definition) is 2. The summed E-state index contributed by atoms with van der Waals surface area (Å²) in [4.78, 5) is 24.0. The second-order valence-corrected chi connectivity index (χ2v) is 5.15. The van der Waals surface area contributed by atoms with E-state index in [1.165, 1.54) is 19.9 Å². The summed E-state index contributed by atoms with van der Waals surface area (Å²) in [6.45, 7) is 6.51. The van der Waals surface area contributed by atoms with Crippen LogP contribution in [0.25, 0.3) is 0 Å². The maximum Gasteiger partial charge on any atom is 0.416 e. The molecule has 0 saturated heterocycles. The molecule has 0 saturated carbocycles. The summed E-state index contributed by atoms with van der Waals surface area (Å²) in [7, 11) is 0. The highest BCUT2D eigenvalue weighted by Crippen LogP contribution is 2.30. The van der Waals surface area contributed by atoms with Crippen LogP contribution >= 0.6 is 0 Å². The van der Waals surface area contributed by atoms with E-state index < -0.39 is 29.0 Å². The lowest BCUT2D eigenvalue weighted by Crippen LogP contribution is -2.45. The van der Waals surface area contributed by atoms with Gasteiger partial charge in [0, 0.05) is 12.2 Å². The molecule has 0 spiro atoms. The van der Waals surface area contributed by atoms with Crippen LogP contribution in [0, 0.1) is 5.41 Å². The number of rotatable bonds is 5. The van der Waals surface area contributed by atoms with Crippen LogP contribution in [0.3, 0.4) is 0 Å². The molecule has 0 radical (unpaired) electrons. The van der Waals surface area contributed by atoms with Crippen molar-refractivity contribution in [3.05, 3.63) is 42.5 Å². The molecule has 0 aliphatic heterocycles. The average molecular weight is 314 g/mol. The van der Waals surface area contributed by atoms with Crippen molar-refractivity contribution in [3.63, 3.8) is 0 Å². The fourth-order valence-electron chi connectivity index (χ4n) is 1.52. The van der Waals surface area contributed by atoms with E-state index in [-0.39, 0.29) is 12.2 Å². The molecule has 1 aromatic carbocycles. The van der Waals surface area contributed by atoms with Crippen LogP contribution in [0.2, 0.25) is 0 Å². The van der Waals surface area contributed by atoms with Crippen molar-refractivity contribution in [2.45, 2.75) is 20.0 Å². The smallest absolute Gasteiger partial charge is 0.352 e. The zero-order valence-corrected chi connectivity index (χ0v) is 12.3. The molecule has 120 valence electrons. The molecule has 1 aromatic rings. The molecule has 0 aliphatic rings. The van der Waals surface area contributed by atoms with E-state index in [0.29, 0.717) is 0 Å². The third-order valence-electron chi connectivity index (χ3n) is 3.01. The van der Waals surface area contributed by atoms with Crippen LogP contribution in [0.1, 0.15) is 19.4 Å². The van der Waals surface area contributed by atoms with Gasteiger partial charge in [-0.3, -0.25) is 9.59 Å². The SMILES string of the molecule is C=CCNC(=O)C(C)(C)C(=O)Nc1ccc(C(F)(F)F)cc1. The van der Waals surface area contributed by atoms with Crippen LogP contribution in [-0.4, -0.2) is 18.4 Å². The zero-order valence-electron chi connectivity index (χ0n) is 12.3.